The number of anilines is 1. The summed E-state index contributed by atoms with van der Waals surface area (Å²) in [5.41, 5.74) is 7.14. The second-order valence-electron chi connectivity index (χ2n) is 6.61. The van der Waals surface area contributed by atoms with Crippen LogP contribution < -0.4 is 11.1 Å². The minimum absolute atomic E-state index is 0.206. The summed E-state index contributed by atoms with van der Waals surface area (Å²) in [6.07, 6.45) is -1.09. The number of amides is 2. The minimum Gasteiger partial charge on any atom is -0.449 e. The van der Waals surface area contributed by atoms with Crippen LogP contribution in [0.5, 0.6) is 0 Å². The zero-order chi connectivity index (χ0) is 22.0. The summed E-state index contributed by atoms with van der Waals surface area (Å²) < 4.78 is 5.44. The first-order chi connectivity index (χ1) is 14.9. The smallest absolute Gasteiger partial charge is 0.339 e. The summed E-state index contributed by atoms with van der Waals surface area (Å²) in [7, 11) is 0. The van der Waals surface area contributed by atoms with Gasteiger partial charge in [0, 0.05) is 5.39 Å². The van der Waals surface area contributed by atoms with Crippen LogP contribution in [0.25, 0.3) is 21.5 Å². The Labute approximate surface area is 185 Å². The zero-order valence-corrected chi connectivity index (χ0v) is 18.0. The number of pyridine rings is 1. The largest absolute Gasteiger partial charge is 0.449 e. The van der Waals surface area contributed by atoms with Crippen molar-refractivity contribution in [1.29, 1.82) is 0 Å². The van der Waals surface area contributed by atoms with Crippen LogP contribution in [-0.4, -0.2) is 28.9 Å². The molecule has 7 nitrogen and oxygen atoms in total. The molecule has 1 aromatic carbocycles. The van der Waals surface area contributed by atoms with E-state index in [9.17, 15) is 14.4 Å². The molecule has 0 saturated heterocycles. The van der Waals surface area contributed by atoms with Crippen molar-refractivity contribution in [3.8, 4) is 10.6 Å². The van der Waals surface area contributed by atoms with Crippen molar-refractivity contribution in [2.45, 2.75) is 13.0 Å². The van der Waals surface area contributed by atoms with Gasteiger partial charge in [0.25, 0.3) is 11.8 Å². The van der Waals surface area contributed by atoms with E-state index in [4.69, 9.17) is 10.5 Å². The average Bonchev–Trinajstić information content (AvgIpc) is 3.45. The highest BCUT2D eigenvalue weighted by Crippen LogP contribution is 2.28. The van der Waals surface area contributed by atoms with Crippen molar-refractivity contribution >= 4 is 56.4 Å². The molecule has 0 bridgehead atoms. The van der Waals surface area contributed by atoms with Crippen LogP contribution in [0.3, 0.4) is 0 Å². The number of fused-ring (bicyclic) bond motifs is 1. The number of hydrogen-bond acceptors (Lipinski definition) is 7. The predicted molar refractivity (Wildman–Crippen MR) is 121 cm³/mol. The van der Waals surface area contributed by atoms with Gasteiger partial charge in [-0.2, -0.15) is 0 Å². The Morgan fingerprint density at radius 1 is 1.03 bits per heavy atom. The maximum absolute atomic E-state index is 13.0. The fourth-order valence-corrected chi connectivity index (χ4v) is 4.47. The van der Waals surface area contributed by atoms with Crippen LogP contribution in [0.15, 0.2) is 59.3 Å². The molecule has 3 N–H and O–H groups in total. The third-order valence-electron chi connectivity index (χ3n) is 4.53. The second kappa shape index (κ2) is 8.66. The lowest BCUT2D eigenvalue weighted by molar-refractivity contribution is -0.123. The van der Waals surface area contributed by atoms with Crippen LogP contribution in [0.1, 0.15) is 27.6 Å². The number of esters is 1. The number of aromatic nitrogens is 1. The van der Waals surface area contributed by atoms with Crippen LogP contribution >= 0.6 is 22.7 Å². The summed E-state index contributed by atoms with van der Waals surface area (Å²) in [4.78, 5) is 42.5. The number of thiophene rings is 2. The Morgan fingerprint density at radius 2 is 1.84 bits per heavy atom. The van der Waals surface area contributed by atoms with Gasteiger partial charge in [0.2, 0.25) is 0 Å². The summed E-state index contributed by atoms with van der Waals surface area (Å²) in [5.74, 6) is -1.85. The molecule has 1 atom stereocenters. The molecule has 3 heterocycles. The Kier molecular flexibility index (Phi) is 5.79. The van der Waals surface area contributed by atoms with E-state index in [1.165, 1.54) is 24.3 Å². The molecule has 4 rings (SSSR count). The van der Waals surface area contributed by atoms with E-state index in [0.29, 0.717) is 27.2 Å². The third-order valence-corrected chi connectivity index (χ3v) is 6.25. The average molecular weight is 452 g/mol. The van der Waals surface area contributed by atoms with Gasteiger partial charge < -0.3 is 15.8 Å². The standard InChI is InChI=1S/C22H17N3O4S2/c1-12(20(27)25-21-14(19(23)26)8-10-31-21)29-22(28)15-11-17(18-7-4-9-30-18)24-16-6-3-2-5-13(15)16/h2-12H,1H3,(H2,23,26)(H,25,27)/t12-/m1/s1. The maximum atomic E-state index is 13.0. The number of nitrogens with zero attached hydrogens (tertiary/aromatic N) is 1. The van der Waals surface area contributed by atoms with Gasteiger partial charge >= 0.3 is 5.97 Å². The van der Waals surface area contributed by atoms with Crippen molar-refractivity contribution in [3.05, 3.63) is 70.4 Å². The van der Waals surface area contributed by atoms with Gasteiger partial charge in [0.1, 0.15) is 5.00 Å². The molecule has 0 saturated carbocycles. The van der Waals surface area contributed by atoms with Crippen molar-refractivity contribution in [1.82, 2.24) is 4.98 Å². The van der Waals surface area contributed by atoms with Crippen LogP contribution in [0.4, 0.5) is 5.00 Å². The summed E-state index contributed by atoms with van der Waals surface area (Å²) in [6.45, 7) is 1.47. The van der Waals surface area contributed by atoms with Gasteiger partial charge in [-0.3, -0.25) is 9.59 Å². The molecule has 0 spiro atoms. The van der Waals surface area contributed by atoms with Gasteiger partial charge in [0.05, 0.1) is 27.2 Å². The van der Waals surface area contributed by atoms with E-state index in [-0.39, 0.29) is 5.56 Å². The summed E-state index contributed by atoms with van der Waals surface area (Å²) >= 11 is 2.67. The monoisotopic (exact) mass is 451 g/mol. The van der Waals surface area contributed by atoms with Crippen molar-refractivity contribution in [2.24, 2.45) is 5.73 Å². The van der Waals surface area contributed by atoms with E-state index in [1.54, 1.807) is 17.5 Å². The molecule has 3 aromatic heterocycles. The Bertz CT molecular complexity index is 1280. The molecular formula is C22H17N3O4S2. The fraction of sp³-hybridized carbons (Fsp3) is 0.0909. The maximum Gasteiger partial charge on any atom is 0.339 e. The Hall–Kier alpha value is -3.56. The molecule has 0 aliphatic carbocycles. The molecular weight excluding hydrogens is 434 g/mol. The lowest BCUT2D eigenvalue weighted by atomic mass is 10.1. The number of nitrogens with one attached hydrogen (secondary N) is 1. The summed E-state index contributed by atoms with van der Waals surface area (Å²) in [5, 5.41) is 7.11. The van der Waals surface area contributed by atoms with E-state index < -0.39 is 23.9 Å². The van der Waals surface area contributed by atoms with Gasteiger partial charge in [0.15, 0.2) is 6.10 Å². The fourth-order valence-electron chi connectivity index (χ4n) is 2.99. The number of nitrogens with two attached hydrogens (primary N) is 1. The molecule has 31 heavy (non-hydrogen) atoms. The lowest BCUT2D eigenvalue weighted by Crippen LogP contribution is -2.30. The number of primary amides is 1. The molecule has 0 unspecified atom stereocenters. The van der Waals surface area contributed by atoms with Crippen molar-refractivity contribution in [2.75, 3.05) is 5.32 Å². The first-order valence-corrected chi connectivity index (χ1v) is 11.0. The molecule has 4 aromatic rings. The Morgan fingerprint density at radius 3 is 2.58 bits per heavy atom. The van der Waals surface area contributed by atoms with Crippen molar-refractivity contribution < 1.29 is 19.1 Å². The molecule has 9 heteroatoms. The first kappa shape index (κ1) is 20.7. The quantitative estimate of drug-likeness (QED) is 0.424. The van der Waals surface area contributed by atoms with Crippen LogP contribution in [-0.2, 0) is 9.53 Å². The number of ether oxygens (including phenoxy) is 1. The molecule has 2 amide bonds. The lowest BCUT2D eigenvalue weighted by Gasteiger charge is -2.15. The van der Waals surface area contributed by atoms with Crippen molar-refractivity contribution in [3.63, 3.8) is 0 Å². The highest BCUT2D eigenvalue weighted by molar-refractivity contribution is 7.14. The highest BCUT2D eigenvalue weighted by atomic mass is 32.1. The minimum atomic E-state index is -1.09. The molecule has 156 valence electrons. The molecule has 0 radical (unpaired) electrons. The summed E-state index contributed by atoms with van der Waals surface area (Å²) in [6, 6.07) is 14.3. The SMILES string of the molecule is C[C@@H](OC(=O)c1cc(-c2cccs2)nc2ccccc12)C(=O)Nc1sccc1C(N)=O. The second-order valence-corrected chi connectivity index (χ2v) is 8.48. The number of para-hydroxylation sites is 1. The molecule has 0 fully saturated rings. The number of carbonyl (C=O) groups is 3. The topological polar surface area (TPSA) is 111 Å². The number of hydrogen-bond donors (Lipinski definition) is 2. The number of benzene rings is 1. The van der Waals surface area contributed by atoms with Gasteiger partial charge in [-0.1, -0.05) is 24.3 Å². The Balaban J connectivity index is 1.58. The van der Waals surface area contributed by atoms with Crippen LogP contribution in [0, 0.1) is 0 Å². The molecule has 0 aliphatic heterocycles. The van der Waals surface area contributed by atoms with Gasteiger partial charge in [-0.15, -0.1) is 22.7 Å². The predicted octanol–water partition coefficient (Wildman–Crippen LogP) is 4.31. The van der Waals surface area contributed by atoms with Gasteiger partial charge in [-0.25, -0.2) is 9.78 Å². The van der Waals surface area contributed by atoms with Gasteiger partial charge in [-0.05, 0) is 41.9 Å². The number of carbonyl (C=O) groups excluding carboxylic acids is 3. The normalized spacial score (nSPS) is 11.8. The first-order valence-electron chi connectivity index (χ1n) is 9.27. The van der Waals surface area contributed by atoms with E-state index in [1.807, 2.05) is 35.7 Å². The van der Waals surface area contributed by atoms with E-state index >= 15 is 0 Å². The van der Waals surface area contributed by atoms with E-state index in [0.717, 1.165) is 16.2 Å². The highest BCUT2D eigenvalue weighted by Gasteiger charge is 2.23. The zero-order valence-electron chi connectivity index (χ0n) is 16.3. The molecule has 0 aliphatic rings. The van der Waals surface area contributed by atoms with E-state index in [2.05, 4.69) is 10.3 Å². The number of rotatable bonds is 6. The van der Waals surface area contributed by atoms with Crippen LogP contribution in [0.2, 0.25) is 0 Å². The third kappa shape index (κ3) is 4.32.